The van der Waals surface area contributed by atoms with E-state index in [1.165, 1.54) is 11.1 Å². The van der Waals surface area contributed by atoms with Gasteiger partial charge in [-0.2, -0.15) is 0 Å². The fourth-order valence-electron chi connectivity index (χ4n) is 3.46. The van der Waals surface area contributed by atoms with Crippen molar-refractivity contribution in [3.05, 3.63) is 71.3 Å². The van der Waals surface area contributed by atoms with Crippen molar-refractivity contribution in [2.75, 3.05) is 13.1 Å². The summed E-state index contributed by atoms with van der Waals surface area (Å²) in [5.74, 6) is 0.196. The number of amides is 1. The highest BCUT2D eigenvalue weighted by atomic mass is 35.5. The van der Waals surface area contributed by atoms with Crippen LogP contribution >= 0.6 is 12.4 Å². The lowest BCUT2D eigenvalue weighted by Crippen LogP contribution is -2.39. The highest BCUT2D eigenvalue weighted by Crippen LogP contribution is 2.33. The van der Waals surface area contributed by atoms with Gasteiger partial charge >= 0.3 is 0 Å². The first kappa shape index (κ1) is 18.5. The van der Waals surface area contributed by atoms with E-state index >= 15 is 0 Å². The molecule has 2 N–H and O–H groups in total. The van der Waals surface area contributed by atoms with E-state index < -0.39 is 0 Å². The van der Waals surface area contributed by atoms with E-state index in [1.54, 1.807) is 0 Å². The maximum atomic E-state index is 13.1. The second-order valence-corrected chi connectivity index (χ2v) is 6.18. The topological polar surface area (TPSA) is 46.3 Å². The van der Waals surface area contributed by atoms with E-state index in [4.69, 9.17) is 5.73 Å². The van der Waals surface area contributed by atoms with E-state index in [9.17, 15) is 4.79 Å². The minimum absolute atomic E-state index is 0. The molecule has 1 amide bonds. The lowest BCUT2D eigenvalue weighted by atomic mass is 9.82. The molecule has 0 saturated heterocycles. The molecular formula is C20H25ClN2O. The lowest BCUT2D eigenvalue weighted by molar-refractivity contribution is -0.133. The van der Waals surface area contributed by atoms with Crippen molar-refractivity contribution in [2.45, 2.75) is 31.7 Å². The number of hydrogen-bond donors (Lipinski definition) is 1. The molecule has 1 atom stereocenters. The number of nitrogens with zero attached hydrogens (tertiary/aromatic N) is 1. The summed E-state index contributed by atoms with van der Waals surface area (Å²) in [6, 6.07) is 18.5. The standard InChI is InChI=1S/C20H24N2O.ClH/c21-13-14-22(15-16-7-2-1-3-8-16)20(23)19-12-6-10-17-9-4-5-11-18(17)19;/h1-5,7-9,11,19H,6,10,12-15,21H2;1H. The van der Waals surface area contributed by atoms with Crippen molar-refractivity contribution in [1.82, 2.24) is 4.90 Å². The third kappa shape index (κ3) is 4.16. The van der Waals surface area contributed by atoms with Crippen LogP contribution in [0.5, 0.6) is 0 Å². The minimum Gasteiger partial charge on any atom is -0.337 e. The molecule has 0 saturated carbocycles. The number of rotatable bonds is 5. The summed E-state index contributed by atoms with van der Waals surface area (Å²) in [6.07, 6.45) is 3.09. The Morgan fingerprint density at radius 3 is 2.54 bits per heavy atom. The molecule has 3 rings (SSSR count). The first-order chi connectivity index (χ1) is 11.3. The van der Waals surface area contributed by atoms with Crippen LogP contribution in [0.2, 0.25) is 0 Å². The summed E-state index contributed by atoms with van der Waals surface area (Å²) < 4.78 is 0. The van der Waals surface area contributed by atoms with Crippen LogP contribution in [0, 0.1) is 0 Å². The Labute approximate surface area is 150 Å². The predicted octanol–water partition coefficient (Wildman–Crippen LogP) is 3.52. The first-order valence-electron chi connectivity index (χ1n) is 8.40. The van der Waals surface area contributed by atoms with Crippen LogP contribution in [-0.4, -0.2) is 23.9 Å². The minimum atomic E-state index is -0.0183. The monoisotopic (exact) mass is 344 g/mol. The summed E-state index contributed by atoms with van der Waals surface area (Å²) >= 11 is 0. The van der Waals surface area contributed by atoms with Gasteiger partial charge in [-0.15, -0.1) is 12.4 Å². The average molecular weight is 345 g/mol. The number of carbonyl (C=O) groups excluding carboxylic acids is 1. The Balaban J connectivity index is 0.00000208. The van der Waals surface area contributed by atoms with Crippen LogP contribution in [0.3, 0.4) is 0 Å². The number of nitrogens with two attached hydrogens (primary N) is 1. The van der Waals surface area contributed by atoms with Gasteiger partial charge in [-0.25, -0.2) is 0 Å². The first-order valence-corrected chi connectivity index (χ1v) is 8.40. The van der Waals surface area contributed by atoms with E-state index in [0.717, 1.165) is 24.8 Å². The molecule has 1 aliphatic carbocycles. The van der Waals surface area contributed by atoms with E-state index in [-0.39, 0.29) is 24.2 Å². The smallest absolute Gasteiger partial charge is 0.230 e. The maximum Gasteiger partial charge on any atom is 0.230 e. The zero-order valence-electron chi connectivity index (χ0n) is 13.9. The van der Waals surface area contributed by atoms with Gasteiger partial charge in [0.25, 0.3) is 0 Å². The normalized spacial score (nSPS) is 16.0. The molecule has 3 nitrogen and oxygen atoms in total. The molecule has 0 radical (unpaired) electrons. The molecule has 0 aromatic heterocycles. The number of halogens is 1. The molecule has 2 aromatic rings. The van der Waals surface area contributed by atoms with Crippen molar-refractivity contribution in [2.24, 2.45) is 5.73 Å². The predicted molar refractivity (Wildman–Crippen MR) is 100 cm³/mol. The van der Waals surface area contributed by atoms with Gasteiger partial charge in [0.1, 0.15) is 0 Å². The van der Waals surface area contributed by atoms with Gasteiger partial charge in [-0.1, -0.05) is 54.6 Å². The number of fused-ring (bicyclic) bond motifs is 1. The molecule has 0 heterocycles. The maximum absolute atomic E-state index is 13.1. The van der Waals surface area contributed by atoms with Gasteiger partial charge in [0.05, 0.1) is 5.92 Å². The van der Waals surface area contributed by atoms with Crippen LogP contribution in [0.4, 0.5) is 0 Å². The van der Waals surface area contributed by atoms with Crippen molar-refractivity contribution in [3.8, 4) is 0 Å². The quantitative estimate of drug-likeness (QED) is 0.902. The molecule has 1 unspecified atom stereocenters. The second kappa shape index (κ2) is 8.86. The van der Waals surface area contributed by atoms with Crippen LogP contribution in [0.1, 0.15) is 35.4 Å². The Morgan fingerprint density at radius 1 is 1.08 bits per heavy atom. The summed E-state index contributed by atoms with van der Waals surface area (Å²) in [7, 11) is 0. The van der Waals surface area contributed by atoms with Gasteiger partial charge in [0, 0.05) is 19.6 Å². The van der Waals surface area contributed by atoms with Gasteiger partial charge in [0.2, 0.25) is 5.91 Å². The molecule has 0 spiro atoms. The molecule has 0 aliphatic heterocycles. The number of benzene rings is 2. The van der Waals surface area contributed by atoms with Crippen molar-refractivity contribution >= 4 is 18.3 Å². The number of aryl methyl sites for hydroxylation is 1. The van der Waals surface area contributed by atoms with E-state index in [0.29, 0.717) is 19.6 Å². The van der Waals surface area contributed by atoms with Crippen LogP contribution in [0.25, 0.3) is 0 Å². The third-order valence-electron chi connectivity index (χ3n) is 4.59. The Morgan fingerprint density at radius 2 is 1.79 bits per heavy atom. The fraction of sp³-hybridized carbons (Fsp3) is 0.350. The van der Waals surface area contributed by atoms with Gasteiger partial charge in [0.15, 0.2) is 0 Å². The summed E-state index contributed by atoms with van der Waals surface area (Å²) in [5.41, 5.74) is 9.43. The van der Waals surface area contributed by atoms with Crippen molar-refractivity contribution < 1.29 is 4.79 Å². The van der Waals surface area contributed by atoms with Crippen LogP contribution in [-0.2, 0) is 17.8 Å². The molecule has 0 fully saturated rings. The molecule has 128 valence electrons. The van der Waals surface area contributed by atoms with Crippen molar-refractivity contribution in [3.63, 3.8) is 0 Å². The highest BCUT2D eigenvalue weighted by Gasteiger charge is 2.29. The van der Waals surface area contributed by atoms with Gasteiger partial charge in [-0.3, -0.25) is 4.79 Å². The lowest BCUT2D eigenvalue weighted by Gasteiger charge is -2.31. The van der Waals surface area contributed by atoms with Crippen LogP contribution in [0.15, 0.2) is 54.6 Å². The third-order valence-corrected chi connectivity index (χ3v) is 4.59. The summed E-state index contributed by atoms with van der Waals surface area (Å²) in [4.78, 5) is 15.0. The Hall–Kier alpha value is -1.84. The SMILES string of the molecule is Cl.NCCN(Cc1ccccc1)C(=O)C1CCCc2ccccc21. The molecule has 4 heteroatoms. The second-order valence-electron chi connectivity index (χ2n) is 6.18. The van der Waals surface area contributed by atoms with E-state index in [2.05, 4.69) is 30.3 Å². The zero-order chi connectivity index (χ0) is 16.1. The van der Waals surface area contributed by atoms with E-state index in [1.807, 2.05) is 29.2 Å². The molecule has 24 heavy (non-hydrogen) atoms. The van der Waals surface area contributed by atoms with Gasteiger partial charge in [-0.05, 0) is 36.0 Å². The van der Waals surface area contributed by atoms with Crippen molar-refractivity contribution in [1.29, 1.82) is 0 Å². The molecule has 0 bridgehead atoms. The number of hydrogen-bond acceptors (Lipinski definition) is 2. The molecule has 1 aliphatic rings. The zero-order valence-corrected chi connectivity index (χ0v) is 14.7. The Bertz CT molecular complexity index is 660. The van der Waals surface area contributed by atoms with Gasteiger partial charge < -0.3 is 10.6 Å². The Kier molecular flexibility index (Phi) is 6.83. The largest absolute Gasteiger partial charge is 0.337 e. The molecular weight excluding hydrogens is 320 g/mol. The summed E-state index contributed by atoms with van der Waals surface area (Å²) in [5, 5.41) is 0. The highest BCUT2D eigenvalue weighted by molar-refractivity contribution is 5.85. The number of carbonyl (C=O) groups is 1. The average Bonchev–Trinajstić information content (AvgIpc) is 2.61. The molecule has 2 aromatic carbocycles. The van der Waals surface area contributed by atoms with Crippen LogP contribution < -0.4 is 5.73 Å². The summed E-state index contributed by atoms with van der Waals surface area (Å²) in [6.45, 7) is 1.73. The fourth-order valence-corrected chi connectivity index (χ4v) is 3.46.